The number of nitrogens with zero attached hydrogens (tertiary/aromatic N) is 2. The third-order valence-electron chi connectivity index (χ3n) is 3.61. The van der Waals surface area contributed by atoms with E-state index < -0.39 is 0 Å². The van der Waals surface area contributed by atoms with Crippen molar-refractivity contribution in [3.8, 4) is 6.07 Å². The lowest BCUT2D eigenvalue weighted by Crippen LogP contribution is -2.39. The summed E-state index contributed by atoms with van der Waals surface area (Å²) in [6.45, 7) is 12.9. The number of hydrogen-bond acceptors (Lipinski definition) is 2. The molecule has 0 aromatic carbocycles. The van der Waals surface area contributed by atoms with Crippen LogP contribution in [0.5, 0.6) is 0 Å². The molecule has 1 fully saturated rings. The Morgan fingerprint density at radius 3 is 2.53 bits per heavy atom. The predicted octanol–water partition coefficient (Wildman–Crippen LogP) is 2.96. The largest absolute Gasteiger partial charge is 0.498 e. The lowest BCUT2D eigenvalue weighted by molar-refractivity contribution is -0.00585. The number of rotatable bonds is 1. The van der Waals surface area contributed by atoms with Crippen LogP contribution in [0.15, 0.2) is 0 Å². The molecule has 0 aromatic heterocycles. The van der Waals surface area contributed by atoms with Crippen molar-refractivity contribution in [3.05, 3.63) is 21.8 Å². The Morgan fingerprint density at radius 2 is 2.00 bits per heavy atom. The predicted molar refractivity (Wildman–Crippen MR) is 57.7 cm³/mol. The fraction of sp³-hybridized carbons (Fsp3) is 0.818. The first-order valence-electron chi connectivity index (χ1n) is 5.22. The third kappa shape index (κ3) is 2.33. The van der Waals surface area contributed by atoms with Crippen molar-refractivity contribution in [2.24, 2.45) is 23.7 Å². The summed E-state index contributed by atoms with van der Waals surface area (Å²) in [6, 6.07) is 2.59. The normalized spacial score (nSPS) is 39.7. The quantitative estimate of drug-likeness (QED) is 0.491. The molecule has 0 amide bonds. The Balaban J connectivity index is 2.83. The van der Waals surface area contributed by atoms with Crippen molar-refractivity contribution in [2.75, 3.05) is 0 Å². The molecule has 0 aliphatic heterocycles. The van der Waals surface area contributed by atoms with Gasteiger partial charge in [-0.05, 0) is 23.3 Å². The van der Waals surface area contributed by atoms with Gasteiger partial charge in [-0.15, -0.1) is 0 Å². The van der Waals surface area contributed by atoms with Gasteiger partial charge in [0.25, 0.3) is 0 Å². The SMILES string of the molecule is [C-]#[N+]OC1CC(C)C(C)C(C#[N+][O-])C1C. The molecule has 1 aliphatic rings. The Morgan fingerprint density at radius 1 is 1.33 bits per heavy atom. The average Bonchev–Trinajstić information content (AvgIpc) is 2.21. The van der Waals surface area contributed by atoms with Gasteiger partial charge < -0.3 is 5.21 Å². The van der Waals surface area contributed by atoms with E-state index in [4.69, 9.17) is 11.4 Å². The second kappa shape index (κ2) is 4.89. The standard InChI is InChI=1S/C11H16N2O2/c1-7-5-11(15-12-4)9(3)10(6-13-14)8(7)2/h7-11H,5H2,1-3H3. The molecule has 5 atom stereocenters. The van der Waals surface area contributed by atoms with Gasteiger partial charge in [0.05, 0.1) is 0 Å². The molecule has 0 radical (unpaired) electrons. The lowest BCUT2D eigenvalue weighted by Gasteiger charge is -2.35. The van der Waals surface area contributed by atoms with Gasteiger partial charge in [-0.3, -0.25) is 0 Å². The van der Waals surface area contributed by atoms with Crippen LogP contribution < -0.4 is 0 Å². The summed E-state index contributed by atoms with van der Waals surface area (Å²) in [6.07, 6.45) is 0.759. The monoisotopic (exact) mass is 208 g/mol. The molecule has 0 bridgehead atoms. The molecule has 0 spiro atoms. The van der Waals surface area contributed by atoms with Crippen LogP contribution in [0.4, 0.5) is 0 Å². The zero-order valence-electron chi connectivity index (χ0n) is 9.30. The molecule has 0 aromatic rings. The molecule has 1 aliphatic carbocycles. The van der Waals surface area contributed by atoms with E-state index in [1.54, 1.807) is 0 Å². The fourth-order valence-electron chi connectivity index (χ4n) is 2.36. The van der Waals surface area contributed by atoms with Gasteiger partial charge in [0.1, 0.15) is 5.92 Å². The summed E-state index contributed by atoms with van der Waals surface area (Å²) in [5.74, 6) is 0.913. The van der Waals surface area contributed by atoms with Crippen LogP contribution in [0.25, 0.3) is 10.0 Å². The van der Waals surface area contributed by atoms with Gasteiger partial charge >= 0.3 is 6.07 Å². The molecule has 5 unspecified atom stereocenters. The summed E-state index contributed by atoms with van der Waals surface area (Å²) in [4.78, 5) is 5.00. The van der Waals surface area contributed by atoms with E-state index in [0.29, 0.717) is 11.8 Å². The molecule has 4 heteroatoms. The molecule has 0 saturated heterocycles. The van der Waals surface area contributed by atoms with Crippen molar-refractivity contribution in [2.45, 2.75) is 33.3 Å². The summed E-state index contributed by atoms with van der Waals surface area (Å²) in [7, 11) is 0. The highest BCUT2D eigenvalue weighted by Crippen LogP contribution is 2.39. The molecule has 82 valence electrons. The summed E-state index contributed by atoms with van der Waals surface area (Å²) in [5.41, 5.74) is 0. The van der Waals surface area contributed by atoms with Crippen molar-refractivity contribution in [1.82, 2.24) is 0 Å². The van der Waals surface area contributed by atoms with E-state index >= 15 is 0 Å². The van der Waals surface area contributed by atoms with Crippen LogP contribution in [0.1, 0.15) is 27.2 Å². The van der Waals surface area contributed by atoms with E-state index in [2.05, 4.69) is 29.9 Å². The van der Waals surface area contributed by atoms with Crippen LogP contribution in [0.2, 0.25) is 0 Å². The summed E-state index contributed by atoms with van der Waals surface area (Å²) in [5, 5.41) is 16.0. The van der Waals surface area contributed by atoms with Crippen molar-refractivity contribution < 1.29 is 4.84 Å². The van der Waals surface area contributed by atoms with Gasteiger partial charge in [0.15, 0.2) is 6.10 Å². The van der Waals surface area contributed by atoms with Crippen LogP contribution in [0.3, 0.4) is 0 Å². The highest BCUT2D eigenvalue weighted by Gasteiger charge is 2.43. The minimum absolute atomic E-state index is 0.00185. The molecule has 0 heterocycles. The fourth-order valence-corrected chi connectivity index (χ4v) is 2.36. The van der Waals surface area contributed by atoms with Gasteiger partial charge in [-0.25, -0.2) is 0 Å². The van der Waals surface area contributed by atoms with Gasteiger partial charge in [0.2, 0.25) is 0 Å². The topological polar surface area (TPSA) is 41.0 Å². The minimum atomic E-state index is -0.104. The molecule has 15 heavy (non-hydrogen) atoms. The Bertz CT molecular complexity index is 313. The second-order valence-corrected chi connectivity index (χ2v) is 4.41. The first-order chi connectivity index (χ1) is 7.11. The van der Waals surface area contributed by atoms with E-state index in [-0.39, 0.29) is 17.9 Å². The summed E-state index contributed by atoms with van der Waals surface area (Å²) < 4.78 is 0. The number of hydrogen-bond donors (Lipinski definition) is 0. The van der Waals surface area contributed by atoms with Gasteiger partial charge in [0, 0.05) is 10.9 Å². The van der Waals surface area contributed by atoms with Crippen LogP contribution >= 0.6 is 0 Å². The Labute approximate surface area is 90.4 Å². The maximum atomic E-state index is 10.3. The molecular weight excluding hydrogens is 192 g/mol. The zero-order chi connectivity index (χ0) is 11.4. The highest BCUT2D eigenvalue weighted by atomic mass is 16.6. The molecule has 1 saturated carbocycles. The Kier molecular flexibility index (Phi) is 3.80. The average molecular weight is 208 g/mol. The first-order valence-corrected chi connectivity index (χ1v) is 5.22. The van der Waals surface area contributed by atoms with Crippen molar-refractivity contribution in [3.63, 3.8) is 0 Å². The van der Waals surface area contributed by atoms with Gasteiger partial charge in [-0.1, -0.05) is 20.8 Å². The maximum Gasteiger partial charge on any atom is 0.302 e. The minimum Gasteiger partial charge on any atom is -0.498 e. The van der Waals surface area contributed by atoms with E-state index in [1.165, 1.54) is 0 Å². The smallest absolute Gasteiger partial charge is 0.302 e. The lowest BCUT2D eigenvalue weighted by atomic mass is 9.68. The van der Waals surface area contributed by atoms with Crippen LogP contribution in [-0.4, -0.2) is 6.10 Å². The van der Waals surface area contributed by atoms with Crippen LogP contribution in [-0.2, 0) is 4.84 Å². The maximum absolute atomic E-state index is 10.3. The summed E-state index contributed by atoms with van der Waals surface area (Å²) >= 11 is 0. The van der Waals surface area contributed by atoms with E-state index in [9.17, 15) is 5.21 Å². The highest BCUT2D eigenvalue weighted by molar-refractivity contribution is 5.04. The molecule has 4 nitrogen and oxygen atoms in total. The second-order valence-electron chi connectivity index (χ2n) is 4.41. The van der Waals surface area contributed by atoms with E-state index in [0.717, 1.165) is 6.42 Å². The molecule has 0 N–H and O–H groups in total. The van der Waals surface area contributed by atoms with Crippen molar-refractivity contribution in [1.29, 1.82) is 0 Å². The van der Waals surface area contributed by atoms with E-state index in [1.807, 2.05) is 6.92 Å². The Hall–Kier alpha value is -1.42. The van der Waals surface area contributed by atoms with Gasteiger partial charge in [-0.2, -0.15) is 11.4 Å². The van der Waals surface area contributed by atoms with Crippen LogP contribution in [0, 0.1) is 41.5 Å². The first kappa shape index (κ1) is 11.7. The molecular formula is C11H16N2O2. The molecule has 1 rings (SSSR count). The van der Waals surface area contributed by atoms with Crippen molar-refractivity contribution >= 4 is 0 Å². The third-order valence-corrected chi connectivity index (χ3v) is 3.61. The zero-order valence-corrected chi connectivity index (χ0v) is 9.30.